The van der Waals surface area contributed by atoms with Crippen LogP contribution in [0, 0.1) is 5.92 Å². The van der Waals surface area contributed by atoms with Crippen molar-refractivity contribution in [3.63, 3.8) is 0 Å². The second-order valence-electron chi connectivity index (χ2n) is 2.76. The molecule has 0 heterocycles. The minimum Gasteiger partial charge on any atom is -0.330 e. The molecule has 4 N–H and O–H groups in total. The molecule has 3 nitrogen and oxygen atoms in total. The molecule has 0 aliphatic heterocycles. The standard InChI is InChI=1S/C8H18N2O/c9-5-1-3-8(7-11)4-2-6-10/h7-8H,1-6,9-10H2. The van der Waals surface area contributed by atoms with Gasteiger partial charge < -0.3 is 16.3 Å². The van der Waals surface area contributed by atoms with Gasteiger partial charge in [0, 0.05) is 5.92 Å². The van der Waals surface area contributed by atoms with E-state index >= 15 is 0 Å². The van der Waals surface area contributed by atoms with Crippen LogP contribution in [-0.2, 0) is 4.79 Å². The molecule has 0 aromatic carbocycles. The number of rotatable bonds is 7. The molecule has 0 aromatic heterocycles. The Kier molecular flexibility index (Phi) is 7.41. The Morgan fingerprint density at radius 1 is 1.09 bits per heavy atom. The van der Waals surface area contributed by atoms with Gasteiger partial charge in [-0.2, -0.15) is 0 Å². The Labute approximate surface area is 68.1 Å². The number of hydrogen-bond acceptors (Lipinski definition) is 3. The quantitative estimate of drug-likeness (QED) is 0.523. The molecule has 11 heavy (non-hydrogen) atoms. The van der Waals surface area contributed by atoms with Crippen LogP contribution < -0.4 is 11.5 Å². The number of carbonyl (C=O) groups is 1. The van der Waals surface area contributed by atoms with Crippen molar-refractivity contribution in [2.75, 3.05) is 13.1 Å². The van der Waals surface area contributed by atoms with E-state index in [1.807, 2.05) is 0 Å². The molecule has 0 spiro atoms. The summed E-state index contributed by atoms with van der Waals surface area (Å²) in [5.74, 6) is 0.182. The molecule has 0 bridgehead atoms. The summed E-state index contributed by atoms with van der Waals surface area (Å²) in [6.07, 6.45) is 4.73. The summed E-state index contributed by atoms with van der Waals surface area (Å²) in [6.45, 7) is 1.35. The van der Waals surface area contributed by atoms with Crippen LogP contribution in [0.15, 0.2) is 0 Å². The first-order valence-electron chi connectivity index (χ1n) is 4.20. The van der Waals surface area contributed by atoms with Crippen molar-refractivity contribution in [3.8, 4) is 0 Å². The number of carbonyl (C=O) groups excluding carboxylic acids is 1. The first-order chi connectivity index (χ1) is 5.35. The van der Waals surface area contributed by atoms with Gasteiger partial charge in [-0.25, -0.2) is 0 Å². The lowest BCUT2D eigenvalue weighted by atomic mass is 9.99. The van der Waals surface area contributed by atoms with Gasteiger partial charge in [0.25, 0.3) is 0 Å². The van der Waals surface area contributed by atoms with E-state index in [-0.39, 0.29) is 5.92 Å². The van der Waals surface area contributed by atoms with Crippen LogP contribution in [0.5, 0.6) is 0 Å². The minimum absolute atomic E-state index is 0.182. The van der Waals surface area contributed by atoms with Crippen molar-refractivity contribution in [1.29, 1.82) is 0 Å². The smallest absolute Gasteiger partial charge is 0.123 e. The van der Waals surface area contributed by atoms with E-state index in [4.69, 9.17) is 11.5 Å². The fourth-order valence-electron chi connectivity index (χ4n) is 1.04. The number of nitrogens with two attached hydrogens (primary N) is 2. The first-order valence-corrected chi connectivity index (χ1v) is 4.20. The monoisotopic (exact) mass is 158 g/mol. The zero-order valence-corrected chi connectivity index (χ0v) is 6.96. The molecule has 3 heteroatoms. The van der Waals surface area contributed by atoms with Crippen molar-refractivity contribution in [1.82, 2.24) is 0 Å². The van der Waals surface area contributed by atoms with Gasteiger partial charge in [-0.3, -0.25) is 0 Å². The predicted molar refractivity (Wildman–Crippen MR) is 46.1 cm³/mol. The molecule has 0 fully saturated rings. The average Bonchev–Trinajstić information content (AvgIpc) is 2.05. The third-order valence-electron chi connectivity index (χ3n) is 1.75. The van der Waals surface area contributed by atoms with E-state index in [1.54, 1.807) is 0 Å². The normalized spacial score (nSPS) is 10.5. The summed E-state index contributed by atoms with van der Waals surface area (Å²) in [6, 6.07) is 0. The highest BCUT2D eigenvalue weighted by atomic mass is 16.1. The Morgan fingerprint density at radius 2 is 1.55 bits per heavy atom. The van der Waals surface area contributed by atoms with Crippen LogP contribution in [0.25, 0.3) is 0 Å². The molecular weight excluding hydrogens is 140 g/mol. The molecule has 0 unspecified atom stereocenters. The lowest BCUT2D eigenvalue weighted by molar-refractivity contribution is -0.111. The number of aldehydes is 1. The van der Waals surface area contributed by atoms with Gasteiger partial charge in [-0.05, 0) is 38.8 Å². The van der Waals surface area contributed by atoms with Crippen molar-refractivity contribution in [2.45, 2.75) is 25.7 Å². The van der Waals surface area contributed by atoms with E-state index in [2.05, 4.69) is 0 Å². The molecule has 0 atom stereocenters. The summed E-state index contributed by atoms with van der Waals surface area (Å²) < 4.78 is 0. The van der Waals surface area contributed by atoms with Crippen LogP contribution in [-0.4, -0.2) is 19.4 Å². The SMILES string of the molecule is NCCCC(C=O)CCCN. The molecule has 0 amide bonds. The van der Waals surface area contributed by atoms with Gasteiger partial charge in [0.1, 0.15) is 6.29 Å². The van der Waals surface area contributed by atoms with Crippen molar-refractivity contribution in [3.05, 3.63) is 0 Å². The van der Waals surface area contributed by atoms with E-state index < -0.39 is 0 Å². The van der Waals surface area contributed by atoms with Crippen LogP contribution in [0.3, 0.4) is 0 Å². The maximum absolute atomic E-state index is 10.4. The van der Waals surface area contributed by atoms with Gasteiger partial charge in [0.15, 0.2) is 0 Å². The molecule has 0 aliphatic carbocycles. The summed E-state index contributed by atoms with van der Waals surface area (Å²) in [5, 5.41) is 0. The lowest BCUT2D eigenvalue weighted by Crippen LogP contribution is -2.09. The Bertz CT molecular complexity index is 88.1. The Hall–Kier alpha value is -0.410. The molecule has 0 aromatic rings. The third kappa shape index (κ3) is 6.01. The molecule has 0 saturated carbocycles. The van der Waals surface area contributed by atoms with Gasteiger partial charge in [-0.1, -0.05) is 0 Å². The second-order valence-corrected chi connectivity index (χ2v) is 2.76. The first kappa shape index (κ1) is 10.6. The van der Waals surface area contributed by atoms with Gasteiger partial charge in [0.05, 0.1) is 0 Å². The maximum Gasteiger partial charge on any atom is 0.123 e. The van der Waals surface area contributed by atoms with Crippen LogP contribution >= 0.6 is 0 Å². The van der Waals surface area contributed by atoms with E-state index in [0.29, 0.717) is 13.1 Å². The Morgan fingerprint density at radius 3 is 1.82 bits per heavy atom. The highest BCUT2D eigenvalue weighted by Crippen LogP contribution is 2.09. The molecular formula is C8H18N2O. The highest BCUT2D eigenvalue weighted by Gasteiger charge is 2.04. The van der Waals surface area contributed by atoms with Crippen LogP contribution in [0.1, 0.15) is 25.7 Å². The van der Waals surface area contributed by atoms with Crippen molar-refractivity contribution >= 4 is 6.29 Å². The highest BCUT2D eigenvalue weighted by molar-refractivity contribution is 5.53. The van der Waals surface area contributed by atoms with E-state index in [0.717, 1.165) is 32.0 Å². The Balaban J connectivity index is 3.33. The van der Waals surface area contributed by atoms with E-state index in [9.17, 15) is 4.79 Å². The fourth-order valence-corrected chi connectivity index (χ4v) is 1.04. The van der Waals surface area contributed by atoms with Gasteiger partial charge in [-0.15, -0.1) is 0 Å². The molecule has 0 rings (SSSR count). The van der Waals surface area contributed by atoms with Crippen molar-refractivity contribution in [2.24, 2.45) is 17.4 Å². The molecule has 0 saturated heterocycles. The van der Waals surface area contributed by atoms with Crippen molar-refractivity contribution < 1.29 is 4.79 Å². The topological polar surface area (TPSA) is 69.1 Å². The zero-order chi connectivity index (χ0) is 8.53. The summed E-state index contributed by atoms with van der Waals surface area (Å²) in [7, 11) is 0. The lowest BCUT2D eigenvalue weighted by Gasteiger charge is -2.07. The predicted octanol–water partition coefficient (Wildman–Crippen LogP) is 0.279. The fraction of sp³-hybridized carbons (Fsp3) is 0.875. The second kappa shape index (κ2) is 7.69. The summed E-state index contributed by atoms with van der Waals surface area (Å²) in [4.78, 5) is 10.4. The van der Waals surface area contributed by atoms with Gasteiger partial charge in [0.2, 0.25) is 0 Å². The molecule has 0 aliphatic rings. The maximum atomic E-state index is 10.4. The molecule has 66 valence electrons. The third-order valence-corrected chi connectivity index (χ3v) is 1.75. The van der Waals surface area contributed by atoms with Gasteiger partial charge >= 0.3 is 0 Å². The van der Waals surface area contributed by atoms with Crippen LogP contribution in [0.2, 0.25) is 0 Å². The zero-order valence-electron chi connectivity index (χ0n) is 6.96. The molecule has 0 radical (unpaired) electrons. The summed E-state index contributed by atoms with van der Waals surface area (Å²) in [5.41, 5.74) is 10.6. The minimum atomic E-state index is 0.182. The largest absolute Gasteiger partial charge is 0.330 e. The number of hydrogen-bond donors (Lipinski definition) is 2. The average molecular weight is 158 g/mol. The van der Waals surface area contributed by atoms with E-state index in [1.165, 1.54) is 0 Å². The van der Waals surface area contributed by atoms with Crippen LogP contribution in [0.4, 0.5) is 0 Å². The summed E-state index contributed by atoms with van der Waals surface area (Å²) >= 11 is 0.